The van der Waals surface area contributed by atoms with Crippen LogP contribution in [0.15, 0.2) is 42.5 Å². The van der Waals surface area contributed by atoms with Crippen molar-refractivity contribution < 1.29 is 27.8 Å². The molecule has 4 atom stereocenters. The standard InChI is InChI=1S/C25H25F2N3O4/c1-33-14-24(31)30-8-7-23(21(27)13-30)34-22-6-5-16(9-17(22)12-28)15-3-2-4-18(10-15)29-25(32)19-11-20(19)26/h2-6,9-10,19-21,23H,7-8,11,13-14H2,1H3,(H,29,32)/t19-,20-,21+,23-/m0/s1. The average molecular weight is 469 g/mol. The van der Waals surface area contributed by atoms with E-state index < -0.39 is 24.4 Å². The van der Waals surface area contributed by atoms with Crippen LogP contribution in [-0.4, -0.2) is 62.0 Å². The number of piperidine rings is 1. The van der Waals surface area contributed by atoms with Gasteiger partial charge in [-0.15, -0.1) is 0 Å². The molecule has 9 heteroatoms. The molecule has 178 valence electrons. The maximum atomic E-state index is 14.7. The van der Waals surface area contributed by atoms with Gasteiger partial charge in [0.05, 0.1) is 18.0 Å². The fourth-order valence-electron chi connectivity index (χ4n) is 3.97. The van der Waals surface area contributed by atoms with E-state index in [1.54, 1.807) is 36.4 Å². The molecule has 7 nitrogen and oxygen atoms in total. The van der Waals surface area contributed by atoms with Gasteiger partial charge in [0.15, 0.2) is 6.17 Å². The van der Waals surface area contributed by atoms with Crippen LogP contribution in [0.1, 0.15) is 18.4 Å². The number of alkyl halides is 2. The lowest BCUT2D eigenvalue weighted by Gasteiger charge is -2.34. The number of benzene rings is 2. The molecule has 1 heterocycles. The molecule has 1 aliphatic carbocycles. The molecule has 1 saturated heterocycles. The van der Waals surface area contributed by atoms with Crippen molar-refractivity contribution in [3.8, 4) is 22.9 Å². The van der Waals surface area contributed by atoms with E-state index in [1.165, 1.54) is 12.0 Å². The molecule has 34 heavy (non-hydrogen) atoms. The van der Waals surface area contributed by atoms with Gasteiger partial charge in [0.25, 0.3) is 0 Å². The van der Waals surface area contributed by atoms with Crippen molar-refractivity contribution in [1.29, 1.82) is 5.26 Å². The summed E-state index contributed by atoms with van der Waals surface area (Å²) >= 11 is 0. The molecule has 2 aromatic carbocycles. The molecule has 0 radical (unpaired) electrons. The van der Waals surface area contributed by atoms with Gasteiger partial charge in [0.2, 0.25) is 11.8 Å². The first-order chi connectivity index (χ1) is 16.4. The van der Waals surface area contributed by atoms with Gasteiger partial charge in [-0.1, -0.05) is 18.2 Å². The van der Waals surface area contributed by atoms with E-state index >= 15 is 0 Å². The third-order valence-corrected chi connectivity index (χ3v) is 5.99. The second-order valence-corrected chi connectivity index (χ2v) is 8.48. The number of carbonyl (C=O) groups excluding carboxylic acids is 2. The van der Waals surface area contributed by atoms with Crippen LogP contribution in [0.3, 0.4) is 0 Å². The van der Waals surface area contributed by atoms with Gasteiger partial charge in [-0.2, -0.15) is 5.26 Å². The summed E-state index contributed by atoms with van der Waals surface area (Å²) in [5.41, 5.74) is 2.25. The number of halogens is 2. The summed E-state index contributed by atoms with van der Waals surface area (Å²) in [6, 6.07) is 14.1. The Morgan fingerprint density at radius 1 is 1.18 bits per heavy atom. The number of methoxy groups -OCH3 is 1. The summed E-state index contributed by atoms with van der Waals surface area (Å²) in [7, 11) is 1.41. The molecule has 4 rings (SSSR count). The molecule has 0 spiro atoms. The molecule has 1 aliphatic heterocycles. The average Bonchev–Trinajstić information content (AvgIpc) is 3.57. The van der Waals surface area contributed by atoms with Gasteiger partial charge >= 0.3 is 0 Å². The van der Waals surface area contributed by atoms with Crippen molar-refractivity contribution in [1.82, 2.24) is 4.90 Å². The van der Waals surface area contributed by atoms with E-state index in [0.717, 1.165) is 5.56 Å². The Morgan fingerprint density at radius 3 is 2.62 bits per heavy atom. The van der Waals surface area contributed by atoms with E-state index in [-0.39, 0.29) is 42.7 Å². The third-order valence-electron chi connectivity index (χ3n) is 5.99. The topological polar surface area (TPSA) is 91.7 Å². The second-order valence-electron chi connectivity index (χ2n) is 8.48. The number of amides is 2. The highest BCUT2D eigenvalue weighted by Gasteiger charge is 2.43. The minimum absolute atomic E-state index is 0.0879. The van der Waals surface area contributed by atoms with Crippen LogP contribution in [0.4, 0.5) is 14.5 Å². The highest BCUT2D eigenvalue weighted by atomic mass is 19.1. The lowest BCUT2D eigenvalue weighted by atomic mass is 10.0. The Hall–Kier alpha value is -3.51. The van der Waals surface area contributed by atoms with Crippen LogP contribution >= 0.6 is 0 Å². The van der Waals surface area contributed by atoms with Gasteiger partial charge in [-0.25, -0.2) is 8.78 Å². The molecule has 0 aromatic heterocycles. The summed E-state index contributed by atoms with van der Waals surface area (Å²) < 4.78 is 38.5. The Bertz CT molecular complexity index is 1120. The molecule has 0 unspecified atom stereocenters. The number of ether oxygens (including phenoxy) is 2. The predicted molar refractivity (Wildman–Crippen MR) is 121 cm³/mol. The van der Waals surface area contributed by atoms with E-state index in [0.29, 0.717) is 24.2 Å². The number of rotatable bonds is 7. The van der Waals surface area contributed by atoms with Crippen molar-refractivity contribution in [3.05, 3.63) is 48.0 Å². The molecule has 0 bridgehead atoms. The fraction of sp³-hybridized carbons (Fsp3) is 0.400. The van der Waals surface area contributed by atoms with Crippen LogP contribution in [0, 0.1) is 17.2 Å². The van der Waals surface area contributed by atoms with Crippen LogP contribution in [0.25, 0.3) is 11.1 Å². The number of carbonyl (C=O) groups is 2. The molecule has 1 N–H and O–H groups in total. The monoisotopic (exact) mass is 469 g/mol. The zero-order valence-corrected chi connectivity index (χ0v) is 18.7. The smallest absolute Gasteiger partial charge is 0.248 e. The number of nitrogens with zero attached hydrogens (tertiary/aromatic N) is 2. The number of nitriles is 1. The maximum absolute atomic E-state index is 14.7. The minimum Gasteiger partial charge on any atom is -0.486 e. The molecular weight excluding hydrogens is 444 g/mol. The van der Waals surface area contributed by atoms with E-state index in [2.05, 4.69) is 11.4 Å². The van der Waals surface area contributed by atoms with Gasteiger partial charge in [-0.05, 0) is 41.8 Å². The molecule has 2 aliphatic rings. The summed E-state index contributed by atoms with van der Waals surface area (Å²) in [4.78, 5) is 25.3. The summed E-state index contributed by atoms with van der Waals surface area (Å²) in [6.45, 7) is 0.158. The number of hydrogen-bond donors (Lipinski definition) is 1. The van der Waals surface area contributed by atoms with Crippen molar-refractivity contribution >= 4 is 17.5 Å². The molecule has 2 aromatic rings. The Labute approximate surface area is 196 Å². The summed E-state index contributed by atoms with van der Waals surface area (Å²) in [5, 5.41) is 12.4. The molecule has 2 amide bonds. The van der Waals surface area contributed by atoms with Gasteiger partial charge in [-0.3, -0.25) is 9.59 Å². The SMILES string of the molecule is COCC(=O)N1CC[C@H](Oc2ccc(-c3cccc(NC(=O)[C@H]4C[C@@H]4F)c3)cc2C#N)[C@H](F)C1. The van der Waals surface area contributed by atoms with Gasteiger partial charge in [0.1, 0.15) is 30.7 Å². The first kappa shape index (κ1) is 23.6. The number of hydrogen-bond acceptors (Lipinski definition) is 5. The van der Waals surface area contributed by atoms with E-state index in [9.17, 15) is 23.6 Å². The lowest BCUT2D eigenvalue weighted by Crippen LogP contribution is -2.50. The summed E-state index contributed by atoms with van der Waals surface area (Å²) in [5.74, 6) is -0.940. The number of nitrogens with one attached hydrogen (secondary N) is 1. The van der Waals surface area contributed by atoms with Crippen molar-refractivity contribution in [2.45, 2.75) is 31.3 Å². The normalized spacial score (nSPS) is 23.6. The van der Waals surface area contributed by atoms with Crippen LogP contribution in [0.5, 0.6) is 5.75 Å². The molecule has 1 saturated carbocycles. The lowest BCUT2D eigenvalue weighted by molar-refractivity contribution is -0.139. The zero-order chi connectivity index (χ0) is 24.2. The van der Waals surface area contributed by atoms with Crippen LogP contribution in [-0.2, 0) is 14.3 Å². The first-order valence-corrected chi connectivity index (χ1v) is 11.1. The second kappa shape index (κ2) is 10.2. The Kier molecular flexibility index (Phi) is 7.08. The number of likely N-dealkylation sites (tertiary alicyclic amines) is 1. The molecule has 2 fully saturated rings. The Morgan fingerprint density at radius 2 is 1.94 bits per heavy atom. The van der Waals surface area contributed by atoms with Gasteiger partial charge < -0.3 is 19.7 Å². The maximum Gasteiger partial charge on any atom is 0.248 e. The zero-order valence-electron chi connectivity index (χ0n) is 18.7. The van der Waals surface area contributed by atoms with Crippen molar-refractivity contribution in [2.75, 3.05) is 32.1 Å². The molecular formula is C25H25F2N3O4. The van der Waals surface area contributed by atoms with Crippen LogP contribution < -0.4 is 10.1 Å². The first-order valence-electron chi connectivity index (χ1n) is 11.1. The third kappa shape index (κ3) is 5.34. The summed E-state index contributed by atoms with van der Waals surface area (Å²) in [6.07, 6.45) is -2.69. The predicted octanol–water partition coefficient (Wildman–Crippen LogP) is 3.49. The highest BCUT2D eigenvalue weighted by Crippen LogP contribution is 2.35. The highest BCUT2D eigenvalue weighted by molar-refractivity contribution is 5.95. The number of anilines is 1. The van der Waals surface area contributed by atoms with E-state index in [1.807, 2.05) is 6.07 Å². The van der Waals surface area contributed by atoms with E-state index in [4.69, 9.17) is 9.47 Å². The van der Waals surface area contributed by atoms with Gasteiger partial charge in [0, 0.05) is 25.8 Å². The van der Waals surface area contributed by atoms with Crippen LogP contribution in [0.2, 0.25) is 0 Å². The minimum atomic E-state index is -1.39. The quantitative estimate of drug-likeness (QED) is 0.670. The van der Waals surface area contributed by atoms with Crippen molar-refractivity contribution in [2.24, 2.45) is 5.92 Å². The Balaban J connectivity index is 1.44. The largest absolute Gasteiger partial charge is 0.486 e. The van der Waals surface area contributed by atoms with Crippen molar-refractivity contribution in [3.63, 3.8) is 0 Å². The fourth-order valence-corrected chi connectivity index (χ4v) is 3.97.